The summed E-state index contributed by atoms with van der Waals surface area (Å²) < 4.78 is 4.91. The molecule has 0 bridgehead atoms. The molecule has 0 fully saturated rings. The van der Waals surface area contributed by atoms with Gasteiger partial charge in [-0.2, -0.15) is 0 Å². The van der Waals surface area contributed by atoms with Crippen molar-refractivity contribution in [3.8, 4) is 0 Å². The first-order valence-corrected chi connectivity index (χ1v) is 8.73. The molecule has 0 unspecified atom stereocenters. The molecule has 8 nitrogen and oxygen atoms in total. The van der Waals surface area contributed by atoms with Crippen LogP contribution in [0.25, 0.3) is 5.57 Å². The molecule has 1 aliphatic rings. The van der Waals surface area contributed by atoms with Crippen LogP contribution in [-0.2, 0) is 9.59 Å². The van der Waals surface area contributed by atoms with E-state index in [0.29, 0.717) is 0 Å². The number of likely N-dealkylation sites (N-methyl/N-ethyl adjacent to an activating group) is 1. The number of aliphatic carboxylic acids is 2. The van der Waals surface area contributed by atoms with Crippen molar-refractivity contribution in [2.75, 3.05) is 25.9 Å². The Labute approximate surface area is 144 Å². The summed E-state index contributed by atoms with van der Waals surface area (Å²) in [6, 6.07) is 0. The van der Waals surface area contributed by atoms with Crippen LogP contribution >= 0.6 is 11.8 Å². The molecular weight excluding hydrogens is 334 g/mol. The van der Waals surface area contributed by atoms with Crippen molar-refractivity contribution in [3.63, 3.8) is 0 Å². The maximum absolute atomic E-state index is 9.10. The number of rotatable bonds is 6. The third kappa shape index (κ3) is 7.14. The second-order valence-electron chi connectivity index (χ2n) is 5.34. The maximum atomic E-state index is 9.10. The van der Waals surface area contributed by atoms with E-state index in [1.165, 1.54) is 24.8 Å². The van der Waals surface area contributed by atoms with Gasteiger partial charge < -0.3 is 15.1 Å². The molecule has 0 saturated heterocycles. The number of carbonyl (C=O) groups is 2. The average Bonchev–Trinajstić information content (AvgIpc) is 3.00. The van der Waals surface area contributed by atoms with Gasteiger partial charge in [0, 0.05) is 13.1 Å². The topological polar surface area (TPSA) is 117 Å². The second-order valence-corrected chi connectivity index (χ2v) is 6.42. The first-order chi connectivity index (χ1) is 11.5. The second kappa shape index (κ2) is 10.8. The number of hydrogen-bond acceptors (Lipinski definition) is 7. The number of nitrogens with zero attached hydrogens (tertiary/aromatic N) is 3. The predicted molar refractivity (Wildman–Crippen MR) is 89.9 cm³/mol. The number of carboxylic acids is 2. The Morgan fingerprint density at radius 2 is 2.00 bits per heavy atom. The van der Waals surface area contributed by atoms with Crippen LogP contribution in [0, 0.1) is 0 Å². The van der Waals surface area contributed by atoms with E-state index in [9.17, 15) is 0 Å². The SMILES string of the molecule is CCCCCSc1nonc1C1=CCCN(C)C1.O=C(O)C(=O)O. The Kier molecular flexibility index (Phi) is 9.10. The lowest BCUT2D eigenvalue weighted by Crippen LogP contribution is -2.25. The van der Waals surface area contributed by atoms with Crippen molar-refractivity contribution in [2.45, 2.75) is 37.6 Å². The number of thioether (sulfide) groups is 1. The van der Waals surface area contributed by atoms with Gasteiger partial charge in [0.05, 0.1) is 0 Å². The Morgan fingerprint density at radius 1 is 1.29 bits per heavy atom. The molecule has 0 amide bonds. The fourth-order valence-corrected chi connectivity index (χ4v) is 2.99. The summed E-state index contributed by atoms with van der Waals surface area (Å²) in [5.74, 6) is -2.55. The van der Waals surface area contributed by atoms with E-state index in [-0.39, 0.29) is 0 Å². The molecular formula is C15H23N3O5S. The van der Waals surface area contributed by atoms with E-state index in [0.717, 1.165) is 36.0 Å². The van der Waals surface area contributed by atoms with Gasteiger partial charge in [-0.3, -0.25) is 0 Å². The molecule has 2 N–H and O–H groups in total. The fraction of sp³-hybridized carbons (Fsp3) is 0.600. The first-order valence-electron chi connectivity index (χ1n) is 7.75. The lowest BCUT2D eigenvalue weighted by atomic mass is 10.1. The highest BCUT2D eigenvalue weighted by atomic mass is 32.2. The molecule has 134 valence electrons. The minimum atomic E-state index is -1.82. The van der Waals surface area contributed by atoms with E-state index in [2.05, 4.69) is 35.3 Å². The highest BCUT2D eigenvalue weighted by molar-refractivity contribution is 7.99. The van der Waals surface area contributed by atoms with Crippen LogP contribution in [0.2, 0.25) is 0 Å². The van der Waals surface area contributed by atoms with Crippen molar-refractivity contribution in [1.82, 2.24) is 15.2 Å². The molecule has 0 aliphatic carbocycles. The van der Waals surface area contributed by atoms with E-state index in [1.807, 2.05) is 0 Å². The van der Waals surface area contributed by atoms with Gasteiger partial charge in [0.2, 0.25) is 0 Å². The minimum Gasteiger partial charge on any atom is -0.473 e. The zero-order valence-corrected chi connectivity index (χ0v) is 14.7. The lowest BCUT2D eigenvalue weighted by Gasteiger charge is -2.21. The van der Waals surface area contributed by atoms with Crippen molar-refractivity contribution < 1.29 is 24.4 Å². The Hall–Kier alpha value is -1.87. The molecule has 0 radical (unpaired) electrons. The van der Waals surface area contributed by atoms with E-state index < -0.39 is 11.9 Å². The fourth-order valence-electron chi connectivity index (χ4n) is 2.06. The van der Waals surface area contributed by atoms with Gasteiger partial charge in [0.1, 0.15) is 5.69 Å². The number of unbranched alkanes of at least 4 members (excludes halogenated alkanes) is 2. The lowest BCUT2D eigenvalue weighted by molar-refractivity contribution is -0.159. The summed E-state index contributed by atoms with van der Waals surface area (Å²) in [6.45, 7) is 4.28. The van der Waals surface area contributed by atoms with Crippen molar-refractivity contribution in [2.24, 2.45) is 0 Å². The summed E-state index contributed by atoms with van der Waals surface area (Å²) in [7, 11) is 2.13. The molecule has 0 spiro atoms. The summed E-state index contributed by atoms with van der Waals surface area (Å²) in [6.07, 6.45) is 7.10. The monoisotopic (exact) mass is 357 g/mol. The minimum absolute atomic E-state index is 0.941. The van der Waals surface area contributed by atoms with Crippen molar-refractivity contribution in [3.05, 3.63) is 11.8 Å². The van der Waals surface area contributed by atoms with Crippen molar-refractivity contribution in [1.29, 1.82) is 0 Å². The summed E-state index contributed by atoms with van der Waals surface area (Å²) in [5.41, 5.74) is 2.20. The Balaban J connectivity index is 0.000000413. The highest BCUT2D eigenvalue weighted by Gasteiger charge is 2.18. The van der Waals surface area contributed by atoms with Gasteiger partial charge >= 0.3 is 11.9 Å². The van der Waals surface area contributed by atoms with Crippen LogP contribution < -0.4 is 0 Å². The van der Waals surface area contributed by atoms with Crippen LogP contribution in [0.1, 0.15) is 38.3 Å². The molecule has 0 atom stereocenters. The third-order valence-electron chi connectivity index (χ3n) is 3.27. The number of aromatic nitrogens is 2. The van der Waals surface area contributed by atoms with E-state index >= 15 is 0 Å². The van der Waals surface area contributed by atoms with Crippen LogP contribution in [0.3, 0.4) is 0 Å². The van der Waals surface area contributed by atoms with Gasteiger partial charge in [0.25, 0.3) is 0 Å². The van der Waals surface area contributed by atoms with Crippen LogP contribution in [0.5, 0.6) is 0 Å². The molecule has 1 aliphatic heterocycles. The zero-order chi connectivity index (χ0) is 17.9. The normalized spacial score (nSPS) is 14.5. The zero-order valence-electron chi connectivity index (χ0n) is 13.9. The van der Waals surface area contributed by atoms with Crippen molar-refractivity contribution >= 4 is 29.3 Å². The molecule has 2 rings (SSSR count). The standard InChI is InChI=1S/C13H21N3OS.C2H2O4/c1-3-4-5-9-18-13-12(14-17-15-13)11-7-6-8-16(2)10-11;3-1(4)2(5)6/h7H,3-6,8-10H2,1-2H3;(H,3,4)(H,5,6). The van der Waals surface area contributed by atoms with E-state index in [1.54, 1.807) is 11.8 Å². The predicted octanol–water partition coefficient (Wildman–Crippen LogP) is 2.23. The van der Waals surface area contributed by atoms with Gasteiger partial charge in [-0.15, -0.1) is 11.8 Å². The maximum Gasteiger partial charge on any atom is 0.414 e. The largest absolute Gasteiger partial charge is 0.473 e. The highest BCUT2D eigenvalue weighted by Crippen LogP contribution is 2.28. The van der Waals surface area contributed by atoms with Gasteiger partial charge in [-0.25, -0.2) is 14.2 Å². The average molecular weight is 357 g/mol. The summed E-state index contributed by atoms with van der Waals surface area (Å²) in [4.78, 5) is 20.5. The van der Waals surface area contributed by atoms with Crippen LogP contribution in [-0.4, -0.2) is 63.3 Å². The first kappa shape index (κ1) is 20.2. The number of carboxylic acid groups (broad SMARTS) is 2. The molecule has 24 heavy (non-hydrogen) atoms. The molecule has 9 heteroatoms. The van der Waals surface area contributed by atoms with Gasteiger partial charge in [-0.05, 0) is 41.5 Å². The molecule has 0 aromatic carbocycles. The van der Waals surface area contributed by atoms with Crippen LogP contribution in [0.4, 0.5) is 0 Å². The molecule has 2 heterocycles. The summed E-state index contributed by atoms with van der Waals surface area (Å²) >= 11 is 1.76. The van der Waals surface area contributed by atoms with Gasteiger partial charge in [0.15, 0.2) is 5.03 Å². The Morgan fingerprint density at radius 3 is 2.58 bits per heavy atom. The van der Waals surface area contributed by atoms with Gasteiger partial charge in [-0.1, -0.05) is 25.8 Å². The third-order valence-corrected chi connectivity index (χ3v) is 4.31. The van der Waals surface area contributed by atoms with E-state index in [4.69, 9.17) is 24.4 Å². The Bertz CT molecular complexity index is 561. The smallest absolute Gasteiger partial charge is 0.414 e. The molecule has 1 aromatic heterocycles. The quantitative estimate of drug-likeness (QED) is 0.449. The summed E-state index contributed by atoms with van der Waals surface area (Å²) in [5, 5.41) is 23.8. The number of hydrogen-bond donors (Lipinski definition) is 2. The van der Waals surface area contributed by atoms with Crippen LogP contribution in [0.15, 0.2) is 15.7 Å². The molecule has 0 saturated carbocycles. The molecule has 1 aromatic rings.